The molecule has 2 unspecified atom stereocenters. The fraction of sp³-hybridized carbons (Fsp3) is 0.462. The lowest BCUT2D eigenvalue weighted by molar-refractivity contribution is 0.326. The highest BCUT2D eigenvalue weighted by molar-refractivity contribution is 5.51. The lowest BCUT2D eigenvalue weighted by Crippen LogP contribution is -2.17. The largest absolute Gasteiger partial charge is 0.339 e. The van der Waals surface area contributed by atoms with Gasteiger partial charge in [-0.25, -0.2) is 0 Å². The van der Waals surface area contributed by atoms with Gasteiger partial charge in [0.05, 0.1) is 0 Å². The van der Waals surface area contributed by atoms with E-state index in [9.17, 15) is 0 Å². The third-order valence-corrected chi connectivity index (χ3v) is 3.64. The first-order chi connectivity index (χ1) is 8.88. The van der Waals surface area contributed by atoms with E-state index in [1.807, 2.05) is 12.1 Å². The van der Waals surface area contributed by atoms with Crippen LogP contribution in [0.2, 0.25) is 0 Å². The summed E-state index contributed by atoms with van der Waals surface area (Å²) in [4.78, 5) is 8.54. The molecule has 1 saturated carbocycles. The van der Waals surface area contributed by atoms with E-state index in [4.69, 9.17) is 10.3 Å². The minimum Gasteiger partial charge on any atom is -0.339 e. The molecular weight excluding hydrogens is 228 g/mol. The zero-order chi connectivity index (χ0) is 12.4. The van der Waals surface area contributed by atoms with Crippen molar-refractivity contribution in [1.82, 2.24) is 15.1 Å². The van der Waals surface area contributed by atoms with Crippen LogP contribution in [-0.2, 0) is 0 Å². The predicted octanol–water partition coefficient (Wildman–Crippen LogP) is 1.97. The zero-order valence-electron chi connectivity index (χ0n) is 10.1. The zero-order valence-corrected chi connectivity index (χ0v) is 10.1. The van der Waals surface area contributed by atoms with Crippen LogP contribution in [0.5, 0.6) is 0 Å². The molecule has 2 atom stereocenters. The van der Waals surface area contributed by atoms with Gasteiger partial charge in [0.1, 0.15) is 0 Å². The quantitative estimate of drug-likeness (QED) is 0.893. The first-order valence-electron chi connectivity index (χ1n) is 6.32. The van der Waals surface area contributed by atoms with Crippen LogP contribution in [-0.4, -0.2) is 21.7 Å². The minimum absolute atomic E-state index is 0.327. The summed E-state index contributed by atoms with van der Waals surface area (Å²) in [6.45, 7) is 0.690. The summed E-state index contributed by atoms with van der Waals surface area (Å²) in [5.41, 5.74) is 6.66. The molecule has 0 aromatic carbocycles. The van der Waals surface area contributed by atoms with Crippen molar-refractivity contribution in [3.63, 3.8) is 0 Å². The molecule has 0 radical (unpaired) electrons. The Morgan fingerprint density at radius 3 is 3.11 bits per heavy atom. The van der Waals surface area contributed by atoms with E-state index in [1.54, 1.807) is 12.4 Å². The van der Waals surface area contributed by atoms with Crippen molar-refractivity contribution >= 4 is 0 Å². The van der Waals surface area contributed by atoms with Crippen molar-refractivity contribution in [2.75, 3.05) is 6.54 Å². The van der Waals surface area contributed by atoms with Gasteiger partial charge in [0, 0.05) is 23.9 Å². The molecule has 0 spiro atoms. The second-order valence-electron chi connectivity index (χ2n) is 4.73. The van der Waals surface area contributed by atoms with Crippen LogP contribution in [0.25, 0.3) is 11.4 Å². The summed E-state index contributed by atoms with van der Waals surface area (Å²) in [5, 5.41) is 4.03. The summed E-state index contributed by atoms with van der Waals surface area (Å²) in [7, 11) is 0. The second kappa shape index (κ2) is 4.86. The van der Waals surface area contributed by atoms with Crippen LogP contribution in [0.3, 0.4) is 0 Å². The van der Waals surface area contributed by atoms with Crippen LogP contribution >= 0.6 is 0 Å². The highest BCUT2D eigenvalue weighted by Crippen LogP contribution is 2.38. The molecule has 1 fully saturated rings. The van der Waals surface area contributed by atoms with Crippen molar-refractivity contribution in [3.8, 4) is 11.4 Å². The number of hydrogen-bond donors (Lipinski definition) is 1. The van der Waals surface area contributed by atoms with E-state index < -0.39 is 0 Å². The van der Waals surface area contributed by atoms with Gasteiger partial charge in [-0.2, -0.15) is 4.98 Å². The van der Waals surface area contributed by atoms with Crippen molar-refractivity contribution in [2.45, 2.75) is 25.2 Å². The molecule has 3 rings (SSSR count). The minimum atomic E-state index is 0.327. The van der Waals surface area contributed by atoms with Crippen molar-refractivity contribution < 1.29 is 4.52 Å². The monoisotopic (exact) mass is 244 g/mol. The van der Waals surface area contributed by atoms with Crippen LogP contribution in [0.15, 0.2) is 29.0 Å². The summed E-state index contributed by atoms with van der Waals surface area (Å²) in [6, 6.07) is 3.79. The van der Waals surface area contributed by atoms with E-state index in [1.165, 1.54) is 6.42 Å². The third kappa shape index (κ3) is 2.01. The Balaban J connectivity index is 1.86. The molecular formula is C13H16N4O. The van der Waals surface area contributed by atoms with Gasteiger partial charge in [0.25, 0.3) is 0 Å². The van der Waals surface area contributed by atoms with Crippen molar-refractivity contribution in [3.05, 3.63) is 30.4 Å². The van der Waals surface area contributed by atoms with Crippen LogP contribution in [0.1, 0.15) is 31.1 Å². The molecule has 2 aromatic rings. The molecule has 94 valence electrons. The van der Waals surface area contributed by atoms with E-state index in [0.717, 1.165) is 24.3 Å². The first kappa shape index (κ1) is 11.3. The smallest absolute Gasteiger partial charge is 0.230 e. The number of nitrogens with zero attached hydrogens (tertiary/aromatic N) is 3. The Bertz CT molecular complexity index is 511. The molecule has 5 heteroatoms. The topological polar surface area (TPSA) is 77.8 Å². The van der Waals surface area contributed by atoms with Crippen LogP contribution in [0, 0.1) is 5.92 Å². The summed E-state index contributed by atoms with van der Waals surface area (Å²) < 4.78 is 5.39. The molecule has 0 aliphatic heterocycles. The lowest BCUT2D eigenvalue weighted by atomic mass is 9.96. The maximum atomic E-state index is 5.78. The Labute approximate surface area is 105 Å². The third-order valence-electron chi connectivity index (χ3n) is 3.64. The molecule has 2 N–H and O–H groups in total. The summed E-state index contributed by atoms with van der Waals surface area (Å²) >= 11 is 0. The number of hydrogen-bond acceptors (Lipinski definition) is 5. The lowest BCUT2D eigenvalue weighted by Gasteiger charge is -2.12. The fourth-order valence-electron chi connectivity index (χ4n) is 2.64. The SMILES string of the molecule is NCC1CCCC1c1nc(-c2cccnc2)no1. The summed E-state index contributed by atoms with van der Waals surface area (Å²) in [5.74, 6) is 2.14. The highest BCUT2D eigenvalue weighted by atomic mass is 16.5. The van der Waals surface area contributed by atoms with Crippen LogP contribution < -0.4 is 5.73 Å². The van der Waals surface area contributed by atoms with Crippen molar-refractivity contribution in [1.29, 1.82) is 0 Å². The van der Waals surface area contributed by atoms with Gasteiger partial charge >= 0.3 is 0 Å². The molecule has 0 bridgehead atoms. The highest BCUT2D eigenvalue weighted by Gasteiger charge is 2.31. The molecule has 2 aromatic heterocycles. The number of nitrogens with two attached hydrogens (primary N) is 1. The van der Waals surface area contributed by atoms with Gasteiger partial charge in [-0.1, -0.05) is 11.6 Å². The molecule has 5 nitrogen and oxygen atoms in total. The van der Waals surface area contributed by atoms with Gasteiger partial charge in [-0.3, -0.25) is 4.98 Å². The maximum Gasteiger partial charge on any atom is 0.230 e. The number of aromatic nitrogens is 3. The van der Waals surface area contributed by atoms with Gasteiger partial charge in [0.2, 0.25) is 11.7 Å². The van der Waals surface area contributed by atoms with E-state index in [2.05, 4.69) is 15.1 Å². The first-order valence-corrected chi connectivity index (χ1v) is 6.32. The van der Waals surface area contributed by atoms with Gasteiger partial charge < -0.3 is 10.3 Å². The van der Waals surface area contributed by atoms with Crippen LogP contribution in [0.4, 0.5) is 0 Å². The Hall–Kier alpha value is -1.75. The normalized spacial score (nSPS) is 23.4. The Morgan fingerprint density at radius 2 is 2.33 bits per heavy atom. The van der Waals surface area contributed by atoms with Gasteiger partial charge in [-0.05, 0) is 37.4 Å². The van der Waals surface area contributed by atoms with Crippen molar-refractivity contribution in [2.24, 2.45) is 11.7 Å². The molecule has 18 heavy (non-hydrogen) atoms. The van der Waals surface area contributed by atoms with Gasteiger partial charge in [0.15, 0.2) is 0 Å². The maximum absolute atomic E-state index is 5.78. The Morgan fingerprint density at radius 1 is 1.39 bits per heavy atom. The van der Waals surface area contributed by atoms with E-state index in [-0.39, 0.29) is 0 Å². The average molecular weight is 244 g/mol. The molecule has 2 heterocycles. The molecule has 0 saturated heterocycles. The molecule has 1 aliphatic carbocycles. The standard InChI is InChI=1S/C13H16N4O/c14-7-9-3-1-5-11(9)13-16-12(17-18-13)10-4-2-6-15-8-10/h2,4,6,8-9,11H,1,3,5,7,14H2. The van der Waals surface area contributed by atoms with E-state index in [0.29, 0.717) is 24.2 Å². The number of pyridine rings is 1. The summed E-state index contributed by atoms with van der Waals surface area (Å²) in [6.07, 6.45) is 6.91. The van der Waals surface area contributed by atoms with Gasteiger partial charge in [-0.15, -0.1) is 0 Å². The fourth-order valence-corrected chi connectivity index (χ4v) is 2.64. The van der Waals surface area contributed by atoms with E-state index >= 15 is 0 Å². The molecule has 0 amide bonds. The number of rotatable bonds is 3. The Kier molecular flexibility index (Phi) is 3.06. The molecule has 1 aliphatic rings. The second-order valence-corrected chi connectivity index (χ2v) is 4.73. The predicted molar refractivity (Wildman–Crippen MR) is 66.7 cm³/mol. The average Bonchev–Trinajstić information content (AvgIpc) is 3.08.